The van der Waals surface area contributed by atoms with Gasteiger partial charge in [-0.25, -0.2) is 4.68 Å². The summed E-state index contributed by atoms with van der Waals surface area (Å²) in [5, 5.41) is 8.67. The van der Waals surface area contributed by atoms with Crippen molar-refractivity contribution in [3.8, 4) is 0 Å². The number of hydrogen-bond donors (Lipinski definition) is 1. The molecule has 0 spiro atoms. The van der Waals surface area contributed by atoms with Gasteiger partial charge in [-0.2, -0.15) is 5.10 Å². The third-order valence-corrected chi connectivity index (χ3v) is 6.64. The molecule has 0 aliphatic carbocycles. The van der Waals surface area contributed by atoms with Crippen LogP contribution < -0.4 is 5.32 Å². The fourth-order valence-electron chi connectivity index (χ4n) is 3.94. The van der Waals surface area contributed by atoms with Gasteiger partial charge in [0.1, 0.15) is 0 Å². The van der Waals surface area contributed by atoms with Gasteiger partial charge < -0.3 is 10.1 Å². The molecule has 4 aromatic rings. The highest BCUT2D eigenvalue weighted by Crippen LogP contribution is 2.35. The summed E-state index contributed by atoms with van der Waals surface area (Å²) >= 11 is 1.57. The van der Waals surface area contributed by atoms with E-state index in [2.05, 4.69) is 28.5 Å². The van der Waals surface area contributed by atoms with Crippen molar-refractivity contribution < 1.29 is 9.53 Å². The van der Waals surface area contributed by atoms with Crippen molar-refractivity contribution in [2.24, 2.45) is 0 Å². The molecule has 5 rings (SSSR count). The van der Waals surface area contributed by atoms with Gasteiger partial charge in [0.05, 0.1) is 22.5 Å². The maximum atomic E-state index is 12.3. The van der Waals surface area contributed by atoms with E-state index in [0.717, 1.165) is 51.5 Å². The highest BCUT2D eigenvalue weighted by atomic mass is 32.2. The van der Waals surface area contributed by atoms with E-state index >= 15 is 0 Å². The van der Waals surface area contributed by atoms with Crippen molar-refractivity contribution in [2.45, 2.75) is 28.9 Å². The first-order valence-electron chi connectivity index (χ1n) is 10.9. The number of ether oxygens (including phenoxy) is 1. The highest BCUT2D eigenvalue weighted by Gasteiger charge is 2.22. The molecule has 0 radical (unpaired) electrons. The van der Waals surface area contributed by atoms with Gasteiger partial charge in [-0.3, -0.25) is 9.78 Å². The third-order valence-electron chi connectivity index (χ3n) is 5.57. The molecule has 1 fully saturated rings. The zero-order chi connectivity index (χ0) is 22.6. The Morgan fingerprint density at radius 3 is 2.82 bits per heavy atom. The van der Waals surface area contributed by atoms with E-state index in [-0.39, 0.29) is 12.1 Å². The predicted molar refractivity (Wildman–Crippen MR) is 131 cm³/mol. The van der Waals surface area contributed by atoms with Crippen LogP contribution in [0.1, 0.15) is 40.8 Å². The van der Waals surface area contributed by atoms with E-state index in [9.17, 15) is 4.79 Å². The SMILES string of the molecule is CNC(=O)c1ccccc1Sc1ccc2c(/C=C/c3ccccn3)nn(C3CCCO3)c2c1. The molecule has 1 amide bonds. The normalized spacial score (nSPS) is 16.0. The maximum Gasteiger partial charge on any atom is 0.252 e. The van der Waals surface area contributed by atoms with Crippen molar-refractivity contribution in [1.82, 2.24) is 20.1 Å². The first-order valence-corrected chi connectivity index (χ1v) is 11.8. The fraction of sp³-hybridized carbons (Fsp3) is 0.192. The monoisotopic (exact) mass is 456 g/mol. The molecule has 2 aromatic carbocycles. The summed E-state index contributed by atoms with van der Waals surface area (Å²) in [6.07, 6.45) is 7.66. The smallest absolute Gasteiger partial charge is 0.252 e. The fourth-order valence-corrected chi connectivity index (χ4v) is 4.92. The summed E-state index contributed by atoms with van der Waals surface area (Å²) in [6.45, 7) is 0.749. The molecular formula is C26H24N4O2S. The summed E-state index contributed by atoms with van der Waals surface area (Å²) in [6, 6.07) is 19.8. The topological polar surface area (TPSA) is 69.0 Å². The van der Waals surface area contributed by atoms with Gasteiger partial charge in [-0.1, -0.05) is 30.0 Å². The van der Waals surface area contributed by atoms with E-state index in [0.29, 0.717) is 5.56 Å². The number of pyridine rings is 1. The predicted octanol–water partition coefficient (Wildman–Crippen LogP) is 5.42. The molecule has 1 aliphatic heterocycles. The number of benzene rings is 2. The van der Waals surface area contributed by atoms with Gasteiger partial charge in [0.25, 0.3) is 5.91 Å². The van der Waals surface area contributed by atoms with Gasteiger partial charge in [-0.15, -0.1) is 0 Å². The number of carbonyl (C=O) groups excluding carboxylic acids is 1. The maximum absolute atomic E-state index is 12.3. The molecule has 6 nitrogen and oxygen atoms in total. The average Bonchev–Trinajstić information content (AvgIpc) is 3.51. The summed E-state index contributed by atoms with van der Waals surface area (Å²) < 4.78 is 7.95. The average molecular weight is 457 g/mol. The second kappa shape index (κ2) is 9.60. The zero-order valence-corrected chi connectivity index (χ0v) is 19.1. The first kappa shape index (κ1) is 21.4. The summed E-state index contributed by atoms with van der Waals surface area (Å²) in [4.78, 5) is 18.6. The Kier molecular flexibility index (Phi) is 6.24. The van der Waals surface area contributed by atoms with Crippen molar-refractivity contribution in [2.75, 3.05) is 13.7 Å². The van der Waals surface area contributed by atoms with Gasteiger partial charge >= 0.3 is 0 Å². The van der Waals surface area contributed by atoms with Crippen LogP contribution in [0.3, 0.4) is 0 Å². The van der Waals surface area contributed by atoms with Crippen molar-refractivity contribution >= 4 is 40.7 Å². The van der Waals surface area contributed by atoms with Crippen LogP contribution >= 0.6 is 11.8 Å². The molecular weight excluding hydrogens is 432 g/mol. The minimum atomic E-state index is -0.0921. The Hall–Kier alpha value is -3.42. The van der Waals surface area contributed by atoms with Crippen LogP contribution in [0.2, 0.25) is 0 Å². The molecule has 2 aromatic heterocycles. The molecule has 3 heterocycles. The number of nitrogens with one attached hydrogen (secondary N) is 1. The molecule has 1 saturated heterocycles. The summed E-state index contributed by atoms with van der Waals surface area (Å²) in [7, 11) is 1.65. The lowest BCUT2D eigenvalue weighted by atomic mass is 10.2. The number of nitrogens with zero attached hydrogens (tertiary/aromatic N) is 3. The molecule has 7 heteroatoms. The number of rotatable bonds is 6. The van der Waals surface area contributed by atoms with Gasteiger partial charge in [-0.05, 0) is 67.5 Å². The Balaban J connectivity index is 1.54. The van der Waals surface area contributed by atoms with E-state index in [4.69, 9.17) is 9.84 Å². The number of amides is 1. The number of fused-ring (bicyclic) bond motifs is 1. The van der Waals surface area contributed by atoms with Crippen LogP contribution in [0, 0.1) is 0 Å². The zero-order valence-electron chi connectivity index (χ0n) is 18.3. The lowest BCUT2D eigenvalue weighted by molar-refractivity contribution is 0.0502. The van der Waals surface area contributed by atoms with E-state index < -0.39 is 0 Å². The standard InChI is InChI=1S/C26H24N4O2S/c1-27-26(31)21-8-2-3-9-24(21)33-19-12-13-20-22(14-11-18-7-4-5-15-28-18)29-30(23(20)17-19)25-10-6-16-32-25/h2-5,7-9,11-15,17,25H,6,10,16H2,1H3,(H,27,31)/b14-11+. The highest BCUT2D eigenvalue weighted by molar-refractivity contribution is 7.99. The van der Waals surface area contributed by atoms with E-state index in [1.807, 2.05) is 59.3 Å². The largest absolute Gasteiger partial charge is 0.356 e. The van der Waals surface area contributed by atoms with Crippen LogP contribution in [0.15, 0.2) is 76.7 Å². The number of hydrogen-bond acceptors (Lipinski definition) is 5. The van der Waals surface area contributed by atoms with E-state index in [1.165, 1.54) is 0 Å². The van der Waals surface area contributed by atoms with Gasteiger partial charge in [0.15, 0.2) is 6.23 Å². The summed E-state index contributed by atoms with van der Waals surface area (Å²) in [5.74, 6) is -0.0921. The Morgan fingerprint density at radius 2 is 2.03 bits per heavy atom. The summed E-state index contributed by atoms with van der Waals surface area (Å²) in [5.41, 5.74) is 3.45. The van der Waals surface area contributed by atoms with Crippen LogP contribution in [0.25, 0.3) is 23.1 Å². The minimum Gasteiger partial charge on any atom is -0.356 e. The molecule has 33 heavy (non-hydrogen) atoms. The molecule has 1 unspecified atom stereocenters. The van der Waals surface area contributed by atoms with E-state index in [1.54, 1.807) is 25.0 Å². The van der Waals surface area contributed by atoms with Crippen molar-refractivity contribution in [1.29, 1.82) is 0 Å². The number of carbonyl (C=O) groups is 1. The molecule has 0 bridgehead atoms. The van der Waals surface area contributed by atoms with Crippen molar-refractivity contribution in [3.05, 3.63) is 83.8 Å². The number of aromatic nitrogens is 3. The Labute approximate surface area is 196 Å². The van der Waals surface area contributed by atoms with Crippen LogP contribution in [0.5, 0.6) is 0 Å². The van der Waals surface area contributed by atoms with Gasteiger partial charge in [0.2, 0.25) is 0 Å². The van der Waals surface area contributed by atoms with Crippen LogP contribution in [-0.2, 0) is 4.74 Å². The first-order chi connectivity index (χ1) is 16.2. The third kappa shape index (κ3) is 4.55. The molecule has 1 aliphatic rings. The van der Waals surface area contributed by atoms with Crippen LogP contribution in [0.4, 0.5) is 0 Å². The molecule has 0 saturated carbocycles. The second-order valence-electron chi connectivity index (χ2n) is 7.74. The Morgan fingerprint density at radius 1 is 1.15 bits per heavy atom. The van der Waals surface area contributed by atoms with Crippen molar-refractivity contribution in [3.63, 3.8) is 0 Å². The Bertz CT molecular complexity index is 1310. The van der Waals surface area contributed by atoms with Gasteiger partial charge in [0, 0.05) is 35.0 Å². The quantitative estimate of drug-likeness (QED) is 0.419. The molecule has 166 valence electrons. The second-order valence-corrected chi connectivity index (χ2v) is 8.86. The molecule has 1 atom stereocenters. The lowest BCUT2D eigenvalue weighted by Crippen LogP contribution is -2.18. The van der Waals surface area contributed by atoms with Crippen LogP contribution in [-0.4, -0.2) is 34.3 Å². The molecule has 1 N–H and O–H groups in total. The minimum absolute atomic E-state index is 0.0668. The lowest BCUT2D eigenvalue weighted by Gasteiger charge is -2.12.